The number of nitrogens with zero attached hydrogens (tertiary/aromatic N) is 2. The summed E-state index contributed by atoms with van der Waals surface area (Å²) in [6.07, 6.45) is 1.58. The van der Waals surface area contributed by atoms with Gasteiger partial charge in [0.05, 0.1) is 11.1 Å². The lowest BCUT2D eigenvalue weighted by Gasteiger charge is -2.45. The van der Waals surface area contributed by atoms with Crippen LogP contribution in [0, 0.1) is 12.3 Å². The lowest BCUT2D eigenvalue weighted by Crippen LogP contribution is -2.63. The van der Waals surface area contributed by atoms with Gasteiger partial charge in [0.1, 0.15) is 0 Å². The van der Waals surface area contributed by atoms with E-state index in [1.807, 2.05) is 36.1 Å². The quantitative estimate of drug-likeness (QED) is 0.896. The molecule has 2 aliphatic rings. The SMILES string of the molecule is Cc1[nH]nc2c1CN(C(=O)C1(Cc3ccc(Cl)cc3)CNC1)CC2. The second-order valence-electron chi connectivity index (χ2n) is 6.94. The molecule has 1 saturated heterocycles. The minimum Gasteiger partial charge on any atom is -0.337 e. The molecule has 24 heavy (non-hydrogen) atoms. The highest BCUT2D eigenvalue weighted by molar-refractivity contribution is 6.30. The summed E-state index contributed by atoms with van der Waals surface area (Å²) in [7, 11) is 0. The fraction of sp³-hybridized carbons (Fsp3) is 0.444. The number of hydrogen-bond acceptors (Lipinski definition) is 3. The summed E-state index contributed by atoms with van der Waals surface area (Å²) in [5, 5.41) is 11.4. The summed E-state index contributed by atoms with van der Waals surface area (Å²) in [5.74, 6) is 0.252. The van der Waals surface area contributed by atoms with E-state index < -0.39 is 0 Å². The van der Waals surface area contributed by atoms with Gasteiger partial charge >= 0.3 is 0 Å². The largest absolute Gasteiger partial charge is 0.337 e. The van der Waals surface area contributed by atoms with E-state index in [1.165, 1.54) is 5.56 Å². The maximum absolute atomic E-state index is 13.2. The summed E-state index contributed by atoms with van der Waals surface area (Å²) in [6.45, 7) is 4.91. The van der Waals surface area contributed by atoms with E-state index in [0.29, 0.717) is 6.54 Å². The van der Waals surface area contributed by atoms with Gasteiger partial charge in [-0.1, -0.05) is 23.7 Å². The molecule has 126 valence electrons. The second kappa shape index (κ2) is 5.90. The zero-order chi connectivity index (χ0) is 16.7. The molecule has 2 aromatic rings. The number of aromatic nitrogens is 2. The molecule has 0 saturated carbocycles. The highest BCUT2D eigenvalue weighted by Gasteiger charge is 2.47. The molecule has 0 radical (unpaired) electrons. The predicted octanol–water partition coefficient (Wildman–Crippen LogP) is 2.09. The van der Waals surface area contributed by atoms with E-state index in [4.69, 9.17) is 11.6 Å². The van der Waals surface area contributed by atoms with Crippen molar-refractivity contribution in [2.24, 2.45) is 5.41 Å². The number of halogens is 1. The van der Waals surface area contributed by atoms with Crippen LogP contribution in [-0.4, -0.2) is 40.6 Å². The summed E-state index contributed by atoms with van der Waals surface area (Å²) in [5.41, 5.74) is 4.19. The molecule has 2 N–H and O–H groups in total. The highest BCUT2D eigenvalue weighted by atomic mass is 35.5. The number of nitrogens with one attached hydrogen (secondary N) is 2. The van der Waals surface area contributed by atoms with Crippen LogP contribution in [0.4, 0.5) is 0 Å². The second-order valence-corrected chi connectivity index (χ2v) is 7.37. The number of hydrogen-bond donors (Lipinski definition) is 2. The van der Waals surface area contributed by atoms with Crippen molar-refractivity contribution in [2.45, 2.75) is 26.3 Å². The molecule has 6 heteroatoms. The van der Waals surface area contributed by atoms with E-state index in [1.54, 1.807) is 0 Å². The molecule has 1 amide bonds. The summed E-state index contributed by atoms with van der Waals surface area (Å²) in [6, 6.07) is 7.82. The van der Waals surface area contributed by atoms with Crippen LogP contribution < -0.4 is 5.32 Å². The lowest BCUT2D eigenvalue weighted by atomic mass is 9.74. The Morgan fingerprint density at radius 2 is 2.08 bits per heavy atom. The highest BCUT2D eigenvalue weighted by Crippen LogP contribution is 2.33. The van der Waals surface area contributed by atoms with Crippen molar-refractivity contribution < 1.29 is 4.79 Å². The van der Waals surface area contributed by atoms with Gasteiger partial charge < -0.3 is 10.2 Å². The van der Waals surface area contributed by atoms with Crippen LogP contribution in [0.5, 0.6) is 0 Å². The van der Waals surface area contributed by atoms with Crippen molar-refractivity contribution in [3.8, 4) is 0 Å². The molecular formula is C18H21ClN4O. The van der Waals surface area contributed by atoms with Crippen molar-refractivity contribution in [2.75, 3.05) is 19.6 Å². The van der Waals surface area contributed by atoms with E-state index >= 15 is 0 Å². The first kappa shape index (κ1) is 15.7. The third-order valence-corrected chi connectivity index (χ3v) is 5.50. The zero-order valence-electron chi connectivity index (χ0n) is 13.7. The van der Waals surface area contributed by atoms with Gasteiger partial charge in [-0.2, -0.15) is 5.10 Å². The number of carbonyl (C=O) groups is 1. The van der Waals surface area contributed by atoms with Crippen molar-refractivity contribution in [1.29, 1.82) is 0 Å². The Labute approximate surface area is 146 Å². The molecule has 1 aromatic heterocycles. The maximum Gasteiger partial charge on any atom is 0.232 e. The normalized spacial score (nSPS) is 18.8. The van der Waals surface area contributed by atoms with Gasteiger partial charge in [-0.3, -0.25) is 9.89 Å². The third kappa shape index (κ3) is 2.62. The van der Waals surface area contributed by atoms with Crippen LogP contribution >= 0.6 is 11.6 Å². The zero-order valence-corrected chi connectivity index (χ0v) is 14.5. The fourth-order valence-electron chi connectivity index (χ4n) is 3.71. The van der Waals surface area contributed by atoms with Crippen LogP contribution in [0.15, 0.2) is 24.3 Å². The van der Waals surface area contributed by atoms with E-state index in [0.717, 1.165) is 54.4 Å². The van der Waals surface area contributed by atoms with Gasteiger partial charge in [0, 0.05) is 48.9 Å². The van der Waals surface area contributed by atoms with E-state index in [2.05, 4.69) is 15.5 Å². The number of benzene rings is 1. The Bertz CT molecular complexity index is 764. The van der Waals surface area contributed by atoms with Gasteiger partial charge in [0.2, 0.25) is 5.91 Å². The van der Waals surface area contributed by atoms with Crippen LogP contribution in [0.25, 0.3) is 0 Å². The molecule has 0 spiro atoms. The van der Waals surface area contributed by atoms with Gasteiger partial charge in [-0.15, -0.1) is 0 Å². The first-order chi connectivity index (χ1) is 11.6. The molecular weight excluding hydrogens is 324 g/mol. The van der Waals surface area contributed by atoms with E-state index in [-0.39, 0.29) is 11.3 Å². The van der Waals surface area contributed by atoms with Crippen molar-refractivity contribution >= 4 is 17.5 Å². The van der Waals surface area contributed by atoms with Crippen LogP contribution in [0.1, 0.15) is 22.5 Å². The maximum atomic E-state index is 13.2. The van der Waals surface area contributed by atoms with Crippen LogP contribution in [0.3, 0.4) is 0 Å². The Hall–Kier alpha value is -1.85. The molecule has 1 fully saturated rings. The predicted molar refractivity (Wildman–Crippen MR) is 92.9 cm³/mol. The standard InChI is InChI=1S/C18H21ClN4O/c1-12-15-9-23(7-6-16(15)22-21-12)17(24)18(10-20-11-18)8-13-2-4-14(19)5-3-13/h2-5,20H,6-11H2,1H3,(H,21,22). The summed E-state index contributed by atoms with van der Waals surface area (Å²) >= 11 is 5.97. The summed E-state index contributed by atoms with van der Waals surface area (Å²) < 4.78 is 0. The van der Waals surface area contributed by atoms with Gasteiger partial charge in [-0.05, 0) is 31.0 Å². The molecule has 2 aliphatic heterocycles. The summed E-state index contributed by atoms with van der Waals surface area (Å²) in [4.78, 5) is 15.2. The molecule has 5 nitrogen and oxygen atoms in total. The monoisotopic (exact) mass is 344 g/mol. The Kier molecular flexibility index (Phi) is 3.85. The number of amides is 1. The van der Waals surface area contributed by atoms with Gasteiger partial charge in [0.25, 0.3) is 0 Å². The minimum atomic E-state index is -0.330. The Morgan fingerprint density at radius 1 is 1.33 bits per heavy atom. The first-order valence-corrected chi connectivity index (χ1v) is 8.72. The smallest absolute Gasteiger partial charge is 0.232 e. The van der Waals surface area contributed by atoms with Gasteiger partial charge in [-0.25, -0.2) is 0 Å². The fourth-order valence-corrected chi connectivity index (χ4v) is 3.84. The van der Waals surface area contributed by atoms with Crippen LogP contribution in [-0.2, 0) is 24.2 Å². The molecule has 3 heterocycles. The average Bonchev–Trinajstić information content (AvgIpc) is 2.93. The van der Waals surface area contributed by atoms with Crippen molar-refractivity contribution in [3.63, 3.8) is 0 Å². The molecule has 1 aromatic carbocycles. The van der Waals surface area contributed by atoms with E-state index in [9.17, 15) is 4.79 Å². The van der Waals surface area contributed by atoms with Crippen molar-refractivity contribution in [3.05, 3.63) is 51.8 Å². The molecule has 0 unspecified atom stereocenters. The van der Waals surface area contributed by atoms with Gasteiger partial charge in [0.15, 0.2) is 0 Å². The van der Waals surface area contributed by atoms with Crippen LogP contribution in [0.2, 0.25) is 5.02 Å². The third-order valence-electron chi connectivity index (χ3n) is 5.25. The molecule has 0 atom stereocenters. The Balaban J connectivity index is 1.53. The lowest BCUT2D eigenvalue weighted by molar-refractivity contribution is -0.146. The Morgan fingerprint density at radius 3 is 2.75 bits per heavy atom. The molecule has 4 rings (SSSR count). The topological polar surface area (TPSA) is 61.0 Å². The molecule has 0 bridgehead atoms. The number of fused-ring (bicyclic) bond motifs is 1. The average molecular weight is 345 g/mol. The number of H-pyrrole nitrogens is 1. The first-order valence-electron chi connectivity index (χ1n) is 8.35. The minimum absolute atomic E-state index is 0.252. The number of rotatable bonds is 3. The van der Waals surface area contributed by atoms with Crippen molar-refractivity contribution in [1.82, 2.24) is 20.4 Å². The number of aryl methyl sites for hydroxylation is 1. The molecule has 0 aliphatic carbocycles. The number of carbonyl (C=O) groups excluding carboxylic acids is 1. The number of aromatic amines is 1.